The van der Waals surface area contributed by atoms with E-state index in [0.717, 1.165) is 58.3 Å². The Kier molecular flexibility index (Phi) is 5.37. The van der Waals surface area contributed by atoms with Gasteiger partial charge in [-0.15, -0.1) is 0 Å². The Labute approximate surface area is 134 Å². The molecule has 0 spiro atoms. The molecule has 0 unspecified atom stereocenters. The van der Waals surface area contributed by atoms with Crippen molar-refractivity contribution in [2.75, 3.05) is 26.2 Å². The fourth-order valence-electron chi connectivity index (χ4n) is 4.34. The lowest BCUT2D eigenvalue weighted by Crippen LogP contribution is -2.44. The van der Waals surface area contributed by atoms with Crippen LogP contribution in [0.25, 0.3) is 0 Å². The van der Waals surface area contributed by atoms with Crippen molar-refractivity contribution in [2.24, 2.45) is 11.8 Å². The van der Waals surface area contributed by atoms with Gasteiger partial charge in [0.1, 0.15) is 0 Å². The van der Waals surface area contributed by atoms with E-state index in [1.165, 1.54) is 32.1 Å². The first-order valence-electron chi connectivity index (χ1n) is 9.30. The highest BCUT2D eigenvalue weighted by Gasteiger charge is 2.31. The number of carbonyl (C=O) groups is 2. The van der Waals surface area contributed by atoms with Gasteiger partial charge in [-0.2, -0.15) is 0 Å². The maximum Gasteiger partial charge on any atom is 0.225 e. The second-order valence-electron chi connectivity index (χ2n) is 7.40. The summed E-state index contributed by atoms with van der Waals surface area (Å²) in [4.78, 5) is 28.9. The van der Waals surface area contributed by atoms with Gasteiger partial charge in [-0.25, -0.2) is 0 Å². The molecule has 0 N–H and O–H groups in total. The van der Waals surface area contributed by atoms with Gasteiger partial charge in [-0.3, -0.25) is 9.59 Å². The molecule has 0 atom stereocenters. The number of carbonyl (C=O) groups excluding carboxylic acids is 2. The lowest BCUT2D eigenvalue weighted by atomic mass is 9.86. The maximum absolute atomic E-state index is 12.4. The van der Waals surface area contributed by atoms with Crippen molar-refractivity contribution in [2.45, 2.75) is 64.2 Å². The lowest BCUT2D eigenvalue weighted by Gasteiger charge is -2.34. The Morgan fingerprint density at radius 3 is 2.00 bits per heavy atom. The van der Waals surface area contributed by atoms with Gasteiger partial charge in [0.05, 0.1) is 0 Å². The number of hydrogen-bond donors (Lipinski definition) is 0. The maximum atomic E-state index is 12.4. The third-order valence-corrected chi connectivity index (χ3v) is 5.80. The molecule has 22 heavy (non-hydrogen) atoms. The summed E-state index contributed by atoms with van der Waals surface area (Å²) in [5, 5.41) is 0. The highest BCUT2D eigenvalue weighted by molar-refractivity contribution is 5.80. The number of hydrogen-bond acceptors (Lipinski definition) is 2. The minimum Gasteiger partial charge on any atom is -0.343 e. The van der Waals surface area contributed by atoms with Crippen molar-refractivity contribution in [1.82, 2.24) is 9.80 Å². The third-order valence-electron chi connectivity index (χ3n) is 5.80. The van der Waals surface area contributed by atoms with Crippen LogP contribution < -0.4 is 0 Å². The second-order valence-corrected chi connectivity index (χ2v) is 7.40. The molecule has 0 aromatic carbocycles. The molecule has 3 aliphatic rings. The van der Waals surface area contributed by atoms with E-state index < -0.39 is 0 Å². The third kappa shape index (κ3) is 3.82. The largest absolute Gasteiger partial charge is 0.343 e. The Hall–Kier alpha value is -1.06. The topological polar surface area (TPSA) is 40.6 Å². The van der Waals surface area contributed by atoms with Crippen LogP contribution in [0.1, 0.15) is 64.2 Å². The number of nitrogens with zero attached hydrogens (tertiary/aromatic N) is 2. The van der Waals surface area contributed by atoms with Gasteiger partial charge in [0.15, 0.2) is 0 Å². The summed E-state index contributed by atoms with van der Waals surface area (Å²) < 4.78 is 0. The summed E-state index contributed by atoms with van der Waals surface area (Å²) in [5.74, 6) is 1.46. The summed E-state index contributed by atoms with van der Waals surface area (Å²) in [6.07, 6.45) is 11.2. The Morgan fingerprint density at radius 1 is 0.727 bits per heavy atom. The molecular formula is C18H30N2O2. The summed E-state index contributed by atoms with van der Waals surface area (Å²) in [6, 6.07) is 0. The predicted octanol–water partition coefficient (Wildman–Crippen LogP) is 2.82. The number of rotatable bonds is 3. The molecule has 1 aliphatic carbocycles. The summed E-state index contributed by atoms with van der Waals surface area (Å²) in [6.45, 7) is 3.46. The van der Waals surface area contributed by atoms with Crippen LogP contribution in [0.3, 0.4) is 0 Å². The van der Waals surface area contributed by atoms with Gasteiger partial charge in [0.2, 0.25) is 11.8 Å². The fourth-order valence-corrected chi connectivity index (χ4v) is 4.34. The molecular weight excluding hydrogens is 276 g/mol. The molecule has 2 saturated heterocycles. The molecule has 0 aromatic rings. The fraction of sp³-hybridized carbons (Fsp3) is 0.889. The minimum absolute atomic E-state index is 0.164. The van der Waals surface area contributed by atoms with Crippen LogP contribution in [0.15, 0.2) is 0 Å². The molecule has 124 valence electrons. The van der Waals surface area contributed by atoms with Crippen LogP contribution in [0.2, 0.25) is 0 Å². The molecule has 4 heteroatoms. The predicted molar refractivity (Wildman–Crippen MR) is 86.3 cm³/mol. The van der Waals surface area contributed by atoms with E-state index in [9.17, 15) is 9.59 Å². The van der Waals surface area contributed by atoms with E-state index in [1.54, 1.807) is 0 Å². The van der Waals surface area contributed by atoms with Gasteiger partial charge in [-0.1, -0.05) is 19.3 Å². The van der Waals surface area contributed by atoms with Crippen LogP contribution in [0.4, 0.5) is 0 Å². The average Bonchev–Trinajstić information content (AvgIpc) is 3.10. The van der Waals surface area contributed by atoms with E-state index in [1.807, 2.05) is 9.80 Å². The molecule has 0 aromatic heterocycles. The number of amides is 2. The molecule has 2 heterocycles. The van der Waals surface area contributed by atoms with Gasteiger partial charge in [-0.05, 0) is 44.4 Å². The molecule has 2 aliphatic heterocycles. The van der Waals surface area contributed by atoms with Crippen LogP contribution in [0.5, 0.6) is 0 Å². The normalized spacial score (nSPS) is 24.7. The SMILES string of the molecule is O=C(CC1CCCCC1)N1CCC(C(=O)N2CCCC2)CC1. The van der Waals surface area contributed by atoms with Crippen LogP contribution in [-0.2, 0) is 9.59 Å². The smallest absolute Gasteiger partial charge is 0.225 e. The summed E-state index contributed by atoms with van der Waals surface area (Å²) in [7, 11) is 0. The highest BCUT2D eigenvalue weighted by atomic mass is 16.2. The van der Waals surface area contributed by atoms with E-state index in [-0.39, 0.29) is 5.92 Å². The minimum atomic E-state index is 0.164. The van der Waals surface area contributed by atoms with Crippen molar-refractivity contribution >= 4 is 11.8 Å². The van der Waals surface area contributed by atoms with Crippen molar-refractivity contribution < 1.29 is 9.59 Å². The molecule has 1 saturated carbocycles. The van der Waals surface area contributed by atoms with Crippen LogP contribution in [0, 0.1) is 11.8 Å². The van der Waals surface area contributed by atoms with E-state index in [0.29, 0.717) is 17.7 Å². The van der Waals surface area contributed by atoms with Gasteiger partial charge in [0.25, 0.3) is 0 Å². The van der Waals surface area contributed by atoms with Crippen molar-refractivity contribution in [3.8, 4) is 0 Å². The lowest BCUT2D eigenvalue weighted by molar-refractivity contribution is -0.140. The van der Waals surface area contributed by atoms with E-state index >= 15 is 0 Å². The summed E-state index contributed by atoms with van der Waals surface area (Å²) >= 11 is 0. The second kappa shape index (κ2) is 7.47. The summed E-state index contributed by atoms with van der Waals surface area (Å²) in [5.41, 5.74) is 0. The average molecular weight is 306 g/mol. The van der Waals surface area contributed by atoms with E-state index in [2.05, 4.69) is 0 Å². The first-order valence-corrected chi connectivity index (χ1v) is 9.30. The van der Waals surface area contributed by atoms with Gasteiger partial charge < -0.3 is 9.80 Å². The Morgan fingerprint density at radius 2 is 1.36 bits per heavy atom. The molecule has 4 nitrogen and oxygen atoms in total. The number of likely N-dealkylation sites (tertiary alicyclic amines) is 2. The van der Waals surface area contributed by atoms with Crippen molar-refractivity contribution in [1.29, 1.82) is 0 Å². The van der Waals surface area contributed by atoms with Crippen LogP contribution >= 0.6 is 0 Å². The van der Waals surface area contributed by atoms with Gasteiger partial charge in [0, 0.05) is 38.5 Å². The first kappa shape index (κ1) is 15.8. The molecule has 2 amide bonds. The molecule has 0 bridgehead atoms. The zero-order chi connectivity index (χ0) is 15.4. The monoisotopic (exact) mass is 306 g/mol. The zero-order valence-electron chi connectivity index (χ0n) is 13.8. The first-order chi connectivity index (χ1) is 10.7. The standard InChI is InChI=1S/C18H30N2O2/c21-17(14-15-6-2-1-3-7-15)19-12-8-16(9-13-19)18(22)20-10-4-5-11-20/h15-16H,1-14H2. The quantitative estimate of drug-likeness (QED) is 0.804. The highest BCUT2D eigenvalue weighted by Crippen LogP contribution is 2.28. The Balaban J connectivity index is 1.42. The molecule has 3 fully saturated rings. The van der Waals surface area contributed by atoms with Crippen LogP contribution in [-0.4, -0.2) is 47.8 Å². The molecule has 3 rings (SSSR count). The number of piperidine rings is 1. The van der Waals surface area contributed by atoms with Crippen molar-refractivity contribution in [3.05, 3.63) is 0 Å². The van der Waals surface area contributed by atoms with Crippen molar-refractivity contribution in [3.63, 3.8) is 0 Å². The van der Waals surface area contributed by atoms with Gasteiger partial charge >= 0.3 is 0 Å². The Bertz CT molecular complexity index is 390. The van der Waals surface area contributed by atoms with E-state index in [4.69, 9.17) is 0 Å². The molecule has 0 radical (unpaired) electrons. The zero-order valence-corrected chi connectivity index (χ0v) is 13.8.